The number of hydrogen-bond donors (Lipinski definition) is 11. The van der Waals surface area contributed by atoms with E-state index >= 15 is 0 Å². The predicted octanol–water partition coefficient (Wildman–Crippen LogP) is -5.85. The molecule has 42 heavy (non-hydrogen) atoms. The van der Waals surface area contributed by atoms with Crippen molar-refractivity contribution in [1.29, 1.82) is 0 Å². The molecule has 2 aliphatic heterocycles. The molecule has 0 bridgehead atoms. The Labute approximate surface area is 240 Å². The zero-order valence-electron chi connectivity index (χ0n) is 22.8. The molecule has 244 valence electrons. The van der Waals surface area contributed by atoms with Crippen LogP contribution in [0.5, 0.6) is 0 Å². The number of hydrogen-bond acceptors (Lipinski definition) is 15. The third-order valence-corrected chi connectivity index (χ3v) is 7.54. The number of aliphatic imine (C=N–C) groups is 2. The molecule has 2 heterocycles. The van der Waals surface area contributed by atoms with Crippen LogP contribution in [0.2, 0.25) is 0 Å². The van der Waals surface area contributed by atoms with Gasteiger partial charge in [0.25, 0.3) is 6.43 Å². The minimum absolute atomic E-state index is 0.0627. The first-order valence-corrected chi connectivity index (χ1v) is 13.5. The minimum Gasteiger partial charge on any atom is -0.394 e. The lowest BCUT2D eigenvalue weighted by Crippen LogP contribution is -2.66. The molecule has 0 aromatic carbocycles. The number of aliphatic hydroxyl groups excluding tert-OH is 6. The Balaban J connectivity index is 1.82. The summed E-state index contributed by atoms with van der Waals surface area (Å²) in [6.07, 6.45) is -15.6. The first kappa shape index (κ1) is 34.8. The molecule has 0 radical (unpaired) electrons. The molecule has 3 rings (SSSR count). The number of aliphatic hydroxyl groups is 6. The summed E-state index contributed by atoms with van der Waals surface area (Å²) >= 11 is 0. The zero-order valence-corrected chi connectivity index (χ0v) is 22.8. The summed E-state index contributed by atoms with van der Waals surface area (Å²) < 4.78 is 48.6. The van der Waals surface area contributed by atoms with E-state index in [4.69, 9.17) is 47.6 Å². The summed E-state index contributed by atoms with van der Waals surface area (Å²) in [6, 6.07) is -3.98. The summed E-state index contributed by atoms with van der Waals surface area (Å²) in [7, 11) is 0. The van der Waals surface area contributed by atoms with E-state index in [-0.39, 0.29) is 18.8 Å². The maximum Gasteiger partial charge on any atom is 0.294 e. The maximum absolute atomic E-state index is 12.7. The van der Waals surface area contributed by atoms with E-state index in [1.165, 1.54) is 0 Å². The lowest BCUT2D eigenvalue weighted by atomic mass is 9.84. The largest absolute Gasteiger partial charge is 0.394 e. The van der Waals surface area contributed by atoms with Gasteiger partial charge in [-0.05, 0) is 19.3 Å². The highest BCUT2D eigenvalue weighted by Gasteiger charge is 2.51. The van der Waals surface area contributed by atoms with Crippen molar-refractivity contribution in [2.45, 2.75) is 111 Å². The van der Waals surface area contributed by atoms with Crippen LogP contribution in [0.25, 0.3) is 0 Å². The lowest BCUT2D eigenvalue weighted by molar-refractivity contribution is -0.312. The van der Waals surface area contributed by atoms with Crippen LogP contribution in [0.1, 0.15) is 19.3 Å². The molecule has 0 aromatic rings. The SMILES string of the molecule is NC(=NCC1CCC(N)C(OC2C(N)CC(N=C(N)C(O)CO)C(OC3OC(CO)C(O)C(N)C3O)C2O)O1)C(F)F. The number of rotatable bonds is 11. The fraction of sp³-hybridized carbons (Fsp3) is 0.913. The van der Waals surface area contributed by atoms with Gasteiger partial charge in [0.2, 0.25) is 0 Å². The number of nitrogens with two attached hydrogens (primary N) is 5. The van der Waals surface area contributed by atoms with Gasteiger partial charge >= 0.3 is 0 Å². The molecule has 19 heteroatoms. The van der Waals surface area contributed by atoms with Crippen LogP contribution in [0.3, 0.4) is 0 Å². The Morgan fingerprint density at radius 2 is 1.55 bits per heavy atom. The van der Waals surface area contributed by atoms with Crippen molar-refractivity contribution in [3.63, 3.8) is 0 Å². The molecule has 16 N–H and O–H groups in total. The van der Waals surface area contributed by atoms with E-state index in [0.29, 0.717) is 12.8 Å². The monoisotopic (exact) mass is 615 g/mol. The van der Waals surface area contributed by atoms with Crippen LogP contribution in [0, 0.1) is 0 Å². The van der Waals surface area contributed by atoms with Gasteiger partial charge in [-0.1, -0.05) is 0 Å². The number of nitrogens with zero attached hydrogens (tertiary/aromatic N) is 2. The van der Waals surface area contributed by atoms with Crippen LogP contribution in [-0.4, -0.2) is 154 Å². The van der Waals surface area contributed by atoms with Crippen LogP contribution < -0.4 is 28.7 Å². The van der Waals surface area contributed by atoms with Gasteiger partial charge in [0.05, 0.1) is 44.0 Å². The van der Waals surface area contributed by atoms with Crippen LogP contribution in [0.4, 0.5) is 8.78 Å². The highest BCUT2D eigenvalue weighted by atomic mass is 19.3. The molecular formula is C23H43F2N7O10. The molecule has 17 nitrogen and oxygen atoms in total. The van der Waals surface area contributed by atoms with E-state index in [0.717, 1.165) is 0 Å². The summed E-state index contributed by atoms with van der Waals surface area (Å²) in [6.45, 7) is -1.58. The number of alkyl halides is 2. The molecule has 0 aromatic heterocycles. The lowest BCUT2D eigenvalue weighted by Gasteiger charge is -2.47. The van der Waals surface area contributed by atoms with Crippen molar-refractivity contribution in [2.24, 2.45) is 38.7 Å². The zero-order chi connectivity index (χ0) is 31.3. The molecule has 14 unspecified atom stereocenters. The van der Waals surface area contributed by atoms with E-state index in [9.17, 15) is 39.4 Å². The molecule has 2 saturated heterocycles. The van der Waals surface area contributed by atoms with Gasteiger partial charge in [-0.15, -0.1) is 0 Å². The van der Waals surface area contributed by atoms with Crippen molar-refractivity contribution in [1.82, 2.24) is 0 Å². The second-order valence-electron chi connectivity index (χ2n) is 10.6. The molecular weight excluding hydrogens is 572 g/mol. The summed E-state index contributed by atoms with van der Waals surface area (Å²) in [5, 5.41) is 60.9. The molecule has 14 atom stereocenters. The molecule has 1 saturated carbocycles. The maximum atomic E-state index is 12.7. The Hall–Kier alpha value is -1.72. The smallest absolute Gasteiger partial charge is 0.294 e. The summed E-state index contributed by atoms with van der Waals surface area (Å²) in [4.78, 5) is 7.80. The van der Waals surface area contributed by atoms with Crippen molar-refractivity contribution in [3.8, 4) is 0 Å². The minimum atomic E-state index is -2.92. The number of amidine groups is 2. The number of ether oxygens (including phenoxy) is 4. The molecule has 0 spiro atoms. The van der Waals surface area contributed by atoms with Crippen LogP contribution in [0.15, 0.2) is 9.98 Å². The van der Waals surface area contributed by atoms with Gasteiger partial charge in [0, 0.05) is 6.04 Å². The normalized spacial score (nSPS) is 43.0. The summed E-state index contributed by atoms with van der Waals surface area (Å²) in [5.74, 6) is -1.22. The van der Waals surface area contributed by atoms with E-state index in [2.05, 4.69) is 9.98 Å². The number of halogens is 2. The Kier molecular flexibility index (Phi) is 12.7. The standard InChI is InChI=1S/C23H43F2N7O10/c24-19(25)21(30)31-4-7-1-2-8(26)22(39-7)41-17-9(27)3-10(32-20(29)11(35)5-33)18(16(17)38)42-23-15(37)13(28)14(36)12(6-34)40-23/h7-19,22-23,33-38H,1-6,26-28H2,(H2,29,32)(H2,30,31). The van der Waals surface area contributed by atoms with E-state index < -0.39 is 111 Å². The van der Waals surface area contributed by atoms with Crippen molar-refractivity contribution in [3.05, 3.63) is 0 Å². The highest BCUT2D eigenvalue weighted by molar-refractivity contribution is 5.85. The summed E-state index contributed by atoms with van der Waals surface area (Å²) in [5.41, 5.74) is 29.4. The fourth-order valence-electron chi connectivity index (χ4n) is 5.02. The Morgan fingerprint density at radius 3 is 2.17 bits per heavy atom. The van der Waals surface area contributed by atoms with Crippen molar-refractivity contribution >= 4 is 11.7 Å². The molecule has 0 amide bonds. The molecule has 3 aliphatic rings. The highest BCUT2D eigenvalue weighted by Crippen LogP contribution is 2.32. The first-order valence-electron chi connectivity index (χ1n) is 13.5. The molecule has 3 fully saturated rings. The van der Waals surface area contributed by atoms with Gasteiger partial charge in [-0.2, -0.15) is 0 Å². The quantitative estimate of drug-likeness (QED) is 0.0761. The third-order valence-electron chi connectivity index (χ3n) is 7.54. The fourth-order valence-corrected chi connectivity index (χ4v) is 5.02. The second kappa shape index (κ2) is 15.3. The van der Waals surface area contributed by atoms with Crippen molar-refractivity contribution in [2.75, 3.05) is 19.8 Å². The van der Waals surface area contributed by atoms with E-state index in [1.807, 2.05) is 0 Å². The Morgan fingerprint density at radius 1 is 0.881 bits per heavy atom. The van der Waals surface area contributed by atoms with Crippen LogP contribution in [-0.2, 0) is 18.9 Å². The average molecular weight is 616 g/mol. The van der Waals surface area contributed by atoms with Gasteiger partial charge in [-0.25, -0.2) is 8.78 Å². The van der Waals surface area contributed by atoms with Crippen molar-refractivity contribution < 1.29 is 58.4 Å². The van der Waals surface area contributed by atoms with Gasteiger partial charge in [0.15, 0.2) is 18.4 Å². The molecule has 1 aliphatic carbocycles. The van der Waals surface area contributed by atoms with Gasteiger partial charge < -0.3 is 78.3 Å². The van der Waals surface area contributed by atoms with Gasteiger partial charge in [-0.3, -0.25) is 9.98 Å². The average Bonchev–Trinajstić information content (AvgIpc) is 2.96. The van der Waals surface area contributed by atoms with Crippen LogP contribution >= 0.6 is 0 Å². The van der Waals surface area contributed by atoms with E-state index in [1.54, 1.807) is 0 Å². The second-order valence-corrected chi connectivity index (χ2v) is 10.6. The van der Waals surface area contributed by atoms with Gasteiger partial charge in [0.1, 0.15) is 48.6 Å². The third kappa shape index (κ3) is 8.25. The predicted molar refractivity (Wildman–Crippen MR) is 141 cm³/mol. The topological polar surface area (TPSA) is 313 Å². The Bertz CT molecular complexity index is 925. The first-order chi connectivity index (χ1) is 19.8.